The molecule has 2 heterocycles. The number of nitrogens with zero attached hydrogens (tertiary/aromatic N) is 4. The quantitative estimate of drug-likeness (QED) is 0.675. The molecular formula is C13H11N5O2. The molecule has 0 fully saturated rings. The number of pyridine rings is 2. The lowest BCUT2D eigenvalue weighted by Gasteiger charge is -2.14. The van der Waals surface area contributed by atoms with Gasteiger partial charge in [0.05, 0.1) is 16.5 Å². The van der Waals surface area contributed by atoms with Gasteiger partial charge in [0.15, 0.2) is 0 Å². The average molecular weight is 269 g/mol. The molecule has 1 unspecified atom stereocenters. The summed E-state index contributed by atoms with van der Waals surface area (Å²) in [7, 11) is 0. The van der Waals surface area contributed by atoms with E-state index >= 15 is 0 Å². The summed E-state index contributed by atoms with van der Waals surface area (Å²) in [6.45, 7) is 1.86. The van der Waals surface area contributed by atoms with Gasteiger partial charge in [0.1, 0.15) is 6.07 Å². The number of nitriles is 1. The molecule has 0 bridgehead atoms. The Morgan fingerprint density at radius 3 is 2.75 bits per heavy atom. The first-order valence-electron chi connectivity index (χ1n) is 5.83. The highest BCUT2D eigenvalue weighted by atomic mass is 16.6. The lowest BCUT2D eigenvalue weighted by Crippen LogP contribution is -2.10. The van der Waals surface area contributed by atoms with E-state index in [4.69, 9.17) is 5.26 Å². The summed E-state index contributed by atoms with van der Waals surface area (Å²) in [6, 6.07) is 6.49. The lowest BCUT2D eigenvalue weighted by atomic mass is 10.1. The molecule has 0 spiro atoms. The Kier molecular flexibility index (Phi) is 3.86. The molecule has 2 aromatic heterocycles. The monoisotopic (exact) mass is 269 g/mol. The summed E-state index contributed by atoms with van der Waals surface area (Å²) in [6.07, 6.45) is 4.59. The van der Waals surface area contributed by atoms with E-state index in [2.05, 4.69) is 15.3 Å². The predicted molar refractivity (Wildman–Crippen MR) is 71.9 cm³/mol. The van der Waals surface area contributed by atoms with Crippen molar-refractivity contribution in [3.05, 3.63) is 58.0 Å². The highest BCUT2D eigenvalue weighted by Crippen LogP contribution is 2.26. The molecule has 1 atom stereocenters. The zero-order chi connectivity index (χ0) is 14.5. The van der Waals surface area contributed by atoms with Crippen molar-refractivity contribution in [3.8, 4) is 6.07 Å². The second kappa shape index (κ2) is 5.75. The number of hydrogen-bond acceptors (Lipinski definition) is 6. The van der Waals surface area contributed by atoms with E-state index in [1.807, 2.05) is 25.1 Å². The van der Waals surface area contributed by atoms with Crippen molar-refractivity contribution in [3.63, 3.8) is 0 Å². The van der Waals surface area contributed by atoms with Crippen molar-refractivity contribution in [1.29, 1.82) is 5.26 Å². The van der Waals surface area contributed by atoms with Gasteiger partial charge in [-0.25, -0.2) is 4.98 Å². The minimum Gasteiger partial charge on any atom is -0.358 e. The highest BCUT2D eigenvalue weighted by molar-refractivity contribution is 5.59. The minimum atomic E-state index is -0.560. The highest BCUT2D eigenvalue weighted by Gasteiger charge is 2.18. The fourth-order valence-electron chi connectivity index (χ4n) is 1.71. The van der Waals surface area contributed by atoms with Crippen LogP contribution in [0.2, 0.25) is 0 Å². The van der Waals surface area contributed by atoms with Crippen LogP contribution < -0.4 is 5.32 Å². The van der Waals surface area contributed by atoms with E-state index in [0.29, 0.717) is 0 Å². The SMILES string of the molecule is CC(Nc1ncc(C#N)cc1[N+](=O)[O-])c1ccncc1. The first kappa shape index (κ1) is 13.4. The van der Waals surface area contributed by atoms with E-state index in [9.17, 15) is 10.1 Å². The molecule has 1 N–H and O–H groups in total. The average Bonchev–Trinajstić information content (AvgIpc) is 2.48. The van der Waals surface area contributed by atoms with Crippen molar-refractivity contribution in [2.75, 3.05) is 5.32 Å². The van der Waals surface area contributed by atoms with Crippen molar-refractivity contribution in [2.45, 2.75) is 13.0 Å². The number of rotatable bonds is 4. The Labute approximate surface area is 115 Å². The fraction of sp³-hybridized carbons (Fsp3) is 0.154. The number of nitrogens with one attached hydrogen (secondary N) is 1. The fourth-order valence-corrected chi connectivity index (χ4v) is 1.71. The van der Waals surface area contributed by atoms with E-state index in [-0.39, 0.29) is 23.1 Å². The van der Waals surface area contributed by atoms with Gasteiger partial charge in [0.2, 0.25) is 5.82 Å². The number of anilines is 1. The molecule has 2 rings (SSSR count). The van der Waals surface area contributed by atoms with Crippen molar-refractivity contribution in [1.82, 2.24) is 9.97 Å². The summed E-state index contributed by atoms with van der Waals surface area (Å²) in [5, 5.41) is 22.7. The van der Waals surface area contributed by atoms with E-state index in [0.717, 1.165) is 5.56 Å². The first-order valence-corrected chi connectivity index (χ1v) is 5.83. The summed E-state index contributed by atoms with van der Waals surface area (Å²) in [5.41, 5.74) is 0.865. The zero-order valence-corrected chi connectivity index (χ0v) is 10.6. The smallest absolute Gasteiger partial charge is 0.312 e. The van der Waals surface area contributed by atoms with E-state index in [1.54, 1.807) is 12.4 Å². The van der Waals surface area contributed by atoms with Gasteiger partial charge in [0.25, 0.3) is 0 Å². The van der Waals surface area contributed by atoms with Gasteiger partial charge in [-0.15, -0.1) is 0 Å². The van der Waals surface area contributed by atoms with Crippen LogP contribution in [-0.4, -0.2) is 14.9 Å². The molecule has 7 heteroatoms. The van der Waals surface area contributed by atoms with Gasteiger partial charge in [-0.1, -0.05) is 0 Å². The Morgan fingerprint density at radius 1 is 1.45 bits per heavy atom. The van der Waals surface area contributed by atoms with Crippen LogP contribution in [0.1, 0.15) is 24.1 Å². The van der Waals surface area contributed by atoms with Crippen LogP contribution in [0.4, 0.5) is 11.5 Å². The summed E-state index contributed by atoms with van der Waals surface area (Å²) < 4.78 is 0. The predicted octanol–water partition coefficient (Wildman–Crippen LogP) is 2.43. The topological polar surface area (TPSA) is 105 Å². The molecule has 0 aliphatic heterocycles. The van der Waals surface area contributed by atoms with Crippen LogP contribution >= 0.6 is 0 Å². The van der Waals surface area contributed by atoms with Crippen LogP contribution in [0.25, 0.3) is 0 Å². The maximum atomic E-state index is 11.0. The molecule has 0 aliphatic rings. The van der Waals surface area contributed by atoms with Crippen molar-refractivity contribution >= 4 is 11.5 Å². The number of hydrogen-bond donors (Lipinski definition) is 1. The van der Waals surface area contributed by atoms with Gasteiger partial charge < -0.3 is 5.32 Å². The van der Waals surface area contributed by atoms with Gasteiger partial charge in [-0.2, -0.15) is 5.26 Å². The first-order chi connectivity index (χ1) is 9.61. The molecular weight excluding hydrogens is 258 g/mol. The molecule has 100 valence electrons. The maximum Gasteiger partial charge on any atom is 0.312 e. The second-order valence-electron chi connectivity index (χ2n) is 4.11. The van der Waals surface area contributed by atoms with Gasteiger partial charge >= 0.3 is 5.69 Å². The summed E-state index contributed by atoms with van der Waals surface area (Å²) in [5.74, 6) is 0.137. The standard InChI is InChI=1S/C13H11N5O2/c1-9(11-2-4-15-5-3-11)17-13-12(18(19)20)6-10(7-14)8-16-13/h2-6,8-9H,1H3,(H,16,17). The molecule has 0 amide bonds. The van der Waals surface area contributed by atoms with Crippen LogP contribution in [0.3, 0.4) is 0 Å². The van der Waals surface area contributed by atoms with Crippen LogP contribution in [-0.2, 0) is 0 Å². The zero-order valence-electron chi connectivity index (χ0n) is 10.6. The normalized spacial score (nSPS) is 11.4. The number of aromatic nitrogens is 2. The molecule has 20 heavy (non-hydrogen) atoms. The molecule has 0 radical (unpaired) electrons. The van der Waals surface area contributed by atoms with E-state index < -0.39 is 4.92 Å². The molecule has 2 aromatic rings. The Balaban J connectivity index is 2.30. The van der Waals surface area contributed by atoms with Crippen molar-refractivity contribution < 1.29 is 4.92 Å². The van der Waals surface area contributed by atoms with Crippen molar-refractivity contribution in [2.24, 2.45) is 0 Å². The summed E-state index contributed by atoms with van der Waals surface area (Å²) >= 11 is 0. The van der Waals surface area contributed by atoms with Crippen LogP contribution in [0, 0.1) is 21.4 Å². The largest absolute Gasteiger partial charge is 0.358 e. The Bertz CT molecular complexity index is 666. The molecule has 7 nitrogen and oxygen atoms in total. The maximum absolute atomic E-state index is 11.0. The van der Waals surface area contributed by atoms with Crippen LogP contribution in [0.15, 0.2) is 36.8 Å². The molecule has 0 aliphatic carbocycles. The second-order valence-corrected chi connectivity index (χ2v) is 4.11. The minimum absolute atomic E-state index is 0.137. The summed E-state index contributed by atoms with van der Waals surface area (Å²) in [4.78, 5) is 18.3. The van der Waals surface area contributed by atoms with Gasteiger partial charge in [-0.05, 0) is 24.6 Å². The third-order valence-corrected chi connectivity index (χ3v) is 2.75. The van der Waals surface area contributed by atoms with Crippen LogP contribution in [0.5, 0.6) is 0 Å². The number of nitro groups is 1. The Morgan fingerprint density at radius 2 is 2.15 bits per heavy atom. The van der Waals surface area contributed by atoms with Gasteiger partial charge in [-0.3, -0.25) is 15.1 Å². The third-order valence-electron chi connectivity index (χ3n) is 2.75. The van der Waals surface area contributed by atoms with E-state index in [1.165, 1.54) is 12.3 Å². The molecule has 0 saturated heterocycles. The molecule has 0 saturated carbocycles. The third kappa shape index (κ3) is 2.87. The Hall–Kier alpha value is -3.01. The lowest BCUT2D eigenvalue weighted by molar-refractivity contribution is -0.384. The van der Waals surface area contributed by atoms with Gasteiger partial charge in [0, 0.05) is 24.7 Å². The molecule has 0 aromatic carbocycles.